The molecule has 1 amide bonds. The number of carbonyl (C=O) groups is 1. The van der Waals surface area contributed by atoms with Gasteiger partial charge in [-0.15, -0.1) is 11.3 Å². The maximum Gasteiger partial charge on any atom is 0.220 e. The second kappa shape index (κ2) is 9.88. The molecule has 0 bridgehead atoms. The van der Waals surface area contributed by atoms with Crippen LogP contribution in [0.4, 0.5) is 0 Å². The Morgan fingerprint density at radius 1 is 1.19 bits per heavy atom. The van der Waals surface area contributed by atoms with Gasteiger partial charge in [0.05, 0.1) is 13.2 Å². The number of hydrogen-bond acceptors (Lipinski definition) is 5. The molecule has 2 heterocycles. The lowest BCUT2D eigenvalue weighted by Crippen LogP contribution is -2.48. The summed E-state index contributed by atoms with van der Waals surface area (Å²) in [6.07, 6.45) is 1.35. The molecule has 0 spiro atoms. The number of aryl methyl sites for hydroxylation is 1. The van der Waals surface area contributed by atoms with Gasteiger partial charge in [-0.3, -0.25) is 9.69 Å². The number of benzene rings is 1. The van der Waals surface area contributed by atoms with Crippen molar-refractivity contribution in [2.24, 2.45) is 0 Å². The highest BCUT2D eigenvalue weighted by molar-refractivity contribution is 7.09. The molecule has 1 aliphatic heterocycles. The average molecular weight is 388 g/mol. The second-order valence-electron chi connectivity index (χ2n) is 7.01. The molecule has 5 nitrogen and oxygen atoms in total. The van der Waals surface area contributed by atoms with E-state index in [1.54, 1.807) is 18.4 Å². The van der Waals surface area contributed by atoms with Gasteiger partial charge in [-0.2, -0.15) is 0 Å². The lowest BCUT2D eigenvalue weighted by molar-refractivity contribution is -0.121. The number of hydrogen-bond donors (Lipinski definition) is 1. The first kappa shape index (κ1) is 19.9. The molecular weight excluding hydrogens is 358 g/mol. The monoisotopic (exact) mass is 387 g/mol. The lowest BCUT2D eigenvalue weighted by atomic mass is 10.0. The number of likely N-dealkylation sites (N-methyl/N-ethyl adjacent to an activating group) is 1. The van der Waals surface area contributed by atoms with Crippen LogP contribution >= 0.6 is 11.3 Å². The Kier molecular flexibility index (Phi) is 7.26. The summed E-state index contributed by atoms with van der Waals surface area (Å²) in [6, 6.07) is 12.5. The number of ether oxygens (including phenoxy) is 1. The minimum absolute atomic E-state index is 0.121. The first-order valence-corrected chi connectivity index (χ1v) is 10.4. The zero-order valence-electron chi connectivity index (χ0n) is 16.2. The fraction of sp³-hybridized carbons (Fsp3) is 0.476. The number of piperazine rings is 1. The zero-order chi connectivity index (χ0) is 19.1. The molecule has 1 aromatic carbocycles. The molecule has 0 radical (unpaired) electrons. The number of carbonyl (C=O) groups excluding carboxylic acids is 1. The van der Waals surface area contributed by atoms with Gasteiger partial charge in [0.25, 0.3) is 0 Å². The number of methoxy groups -OCH3 is 1. The Hall–Kier alpha value is -1.89. The molecule has 1 unspecified atom stereocenters. The Morgan fingerprint density at radius 2 is 1.93 bits per heavy atom. The van der Waals surface area contributed by atoms with Crippen molar-refractivity contribution in [3.05, 3.63) is 52.2 Å². The highest BCUT2D eigenvalue weighted by Gasteiger charge is 2.24. The lowest BCUT2D eigenvalue weighted by Gasteiger charge is -2.38. The van der Waals surface area contributed by atoms with Crippen LogP contribution in [0, 0.1) is 0 Å². The van der Waals surface area contributed by atoms with Crippen LogP contribution in [0.2, 0.25) is 0 Å². The molecule has 3 rings (SSSR count). The van der Waals surface area contributed by atoms with Crippen molar-refractivity contribution in [1.29, 1.82) is 0 Å². The standard InChI is InChI=1S/C21H29N3O2S/c1-23-11-13-24(14-12-23)20(17-5-7-18(26-2)8-6-17)16-22-21(25)10-9-19-4-3-15-27-19/h3-8,15,20H,9-14,16H2,1-2H3,(H,22,25). The zero-order valence-corrected chi connectivity index (χ0v) is 17.0. The first-order valence-electron chi connectivity index (χ1n) is 9.51. The van der Waals surface area contributed by atoms with Crippen molar-refractivity contribution in [2.75, 3.05) is 46.9 Å². The van der Waals surface area contributed by atoms with Crippen molar-refractivity contribution in [2.45, 2.75) is 18.9 Å². The average Bonchev–Trinajstić information content (AvgIpc) is 3.22. The molecule has 1 fully saturated rings. The van der Waals surface area contributed by atoms with Gasteiger partial charge in [-0.1, -0.05) is 18.2 Å². The number of rotatable bonds is 8. The molecule has 0 aliphatic carbocycles. The summed E-state index contributed by atoms with van der Waals surface area (Å²) in [5.74, 6) is 0.979. The Labute approximate surface area is 165 Å². The molecule has 27 heavy (non-hydrogen) atoms. The minimum Gasteiger partial charge on any atom is -0.497 e. The van der Waals surface area contributed by atoms with Gasteiger partial charge in [0.1, 0.15) is 5.75 Å². The summed E-state index contributed by atoms with van der Waals surface area (Å²) < 4.78 is 5.28. The predicted molar refractivity (Wildman–Crippen MR) is 110 cm³/mol. The van der Waals surface area contributed by atoms with Crippen LogP contribution in [-0.2, 0) is 11.2 Å². The highest BCUT2D eigenvalue weighted by atomic mass is 32.1. The normalized spacial score (nSPS) is 16.8. The van der Waals surface area contributed by atoms with E-state index < -0.39 is 0 Å². The summed E-state index contributed by atoms with van der Waals surface area (Å²) in [5.41, 5.74) is 1.22. The topological polar surface area (TPSA) is 44.8 Å². The van der Waals surface area contributed by atoms with E-state index in [9.17, 15) is 4.79 Å². The molecule has 1 N–H and O–H groups in total. The van der Waals surface area contributed by atoms with Crippen molar-refractivity contribution >= 4 is 17.2 Å². The maximum absolute atomic E-state index is 12.4. The van der Waals surface area contributed by atoms with Crippen LogP contribution in [0.1, 0.15) is 22.9 Å². The van der Waals surface area contributed by atoms with Gasteiger partial charge in [-0.05, 0) is 42.6 Å². The van der Waals surface area contributed by atoms with E-state index in [0.29, 0.717) is 13.0 Å². The van der Waals surface area contributed by atoms with Crippen LogP contribution in [0.5, 0.6) is 5.75 Å². The number of amides is 1. The number of thiophene rings is 1. The first-order chi connectivity index (χ1) is 13.2. The number of nitrogens with zero attached hydrogens (tertiary/aromatic N) is 2. The summed E-state index contributed by atoms with van der Waals surface area (Å²) in [5, 5.41) is 5.22. The fourth-order valence-corrected chi connectivity index (χ4v) is 4.12. The van der Waals surface area contributed by atoms with Crippen LogP contribution in [0.3, 0.4) is 0 Å². The van der Waals surface area contributed by atoms with Crippen LogP contribution in [0.25, 0.3) is 0 Å². The van der Waals surface area contributed by atoms with Gasteiger partial charge in [0, 0.05) is 44.0 Å². The molecule has 2 aromatic rings. The molecule has 0 saturated carbocycles. The van der Waals surface area contributed by atoms with E-state index in [4.69, 9.17) is 4.74 Å². The quantitative estimate of drug-likeness (QED) is 0.757. The van der Waals surface area contributed by atoms with Gasteiger partial charge >= 0.3 is 0 Å². The van der Waals surface area contributed by atoms with Crippen LogP contribution in [0.15, 0.2) is 41.8 Å². The third-order valence-electron chi connectivity index (χ3n) is 5.15. The SMILES string of the molecule is COc1ccc(C(CNC(=O)CCc2cccs2)N2CCN(C)CC2)cc1. The van der Waals surface area contributed by atoms with Crippen LogP contribution in [-0.4, -0.2) is 62.6 Å². The fourth-order valence-electron chi connectivity index (χ4n) is 3.41. The molecule has 1 aromatic heterocycles. The molecule has 1 saturated heterocycles. The molecular formula is C21H29N3O2S. The van der Waals surface area contributed by atoms with Crippen molar-refractivity contribution in [1.82, 2.24) is 15.1 Å². The van der Waals surface area contributed by atoms with Gasteiger partial charge in [-0.25, -0.2) is 0 Å². The third-order valence-corrected chi connectivity index (χ3v) is 6.09. The highest BCUT2D eigenvalue weighted by Crippen LogP contribution is 2.24. The molecule has 146 valence electrons. The van der Waals surface area contributed by atoms with Gasteiger partial charge in [0.15, 0.2) is 0 Å². The van der Waals surface area contributed by atoms with E-state index in [2.05, 4.69) is 45.7 Å². The Balaban J connectivity index is 1.61. The van der Waals surface area contributed by atoms with E-state index in [-0.39, 0.29) is 11.9 Å². The summed E-state index contributed by atoms with van der Waals surface area (Å²) >= 11 is 1.71. The summed E-state index contributed by atoms with van der Waals surface area (Å²) in [4.78, 5) is 18.4. The number of nitrogens with one attached hydrogen (secondary N) is 1. The predicted octanol–water partition coefficient (Wildman–Crippen LogP) is 2.79. The van der Waals surface area contributed by atoms with Gasteiger partial charge in [0.2, 0.25) is 5.91 Å². The Bertz CT molecular complexity index is 695. The molecule has 1 atom stereocenters. The van der Waals surface area contributed by atoms with E-state index >= 15 is 0 Å². The van der Waals surface area contributed by atoms with E-state index in [1.807, 2.05) is 18.2 Å². The summed E-state index contributed by atoms with van der Waals surface area (Å²) in [6.45, 7) is 4.77. The van der Waals surface area contributed by atoms with Crippen LogP contribution < -0.4 is 10.1 Å². The Morgan fingerprint density at radius 3 is 2.56 bits per heavy atom. The molecule has 6 heteroatoms. The van der Waals surface area contributed by atoms with E-state index in [1.165, 1.54) is 10.4 Å². The smallest absolute Gasteiger partial charge is 0.220 e. The molecule has 1 aliphatic rings. The third kappa shape index (κ3) is 5.79. The van der Waals surface area contributed by atoms with Crippen molar-refractivity contribution in [3.8, 4) is 5.75 Å². The van der Waals surface area contributed by atoms with E-state index in [0.717, 1.165) is 38.3 Å². The van der Waals surface area contributed by atoms with Gasteiger partial charge < -0.3 is 15.0 Å². The minimum atomic E-state index is 0.121. The van der Waals surface area contributed by atoms with Crippen molar-refractivity contribution < 1.29 is 9.53 Å². The second-order valence-corrected chi connectivity index (χ2v) is 8.04. The maximum atomic E-state index is 12.4. The van der Waals surface area contributed by atoms with Crippen molar-refractivity contribution in [3.63, 3.8) is 0 Å². The summed E-state index contributed by atoms with van der Waals surface area (Å²) in [7, 11) is 3.84. The largest absolute Gasteiger partial charge is 0.497 e.